The molecule has 0 spiro atoms. The fourth-order valence-electron chi connectivity index (χ4n) is 5.93. The highest BCUT2D eigenvalue weighted by Gasteiger charge is 2.36. The molecule has 0 radical (unpaired) electrons. The number of hydrogen-bond acceptors (Lipinski definition) is 8. The van der Waals surface area contributed by atoms with E-state index in [1.165, 1.54) is 5.69 Å². The lowest BCUT2D eigenvalue weighted by atomic mass is 9.99. The minimum absolute atomic E-state index is 0.0840. The smallest absolute Gasteiger partial charge is 0.255 e. The second-order valence-electron chi connectivity index (χ2n) is 10.6. The third-order valence-corrected chi connectivity index (χ3v) is 8.31. The topological polar surface area (TPSA) is 83.1 Å². The fraction of sp³-hybridized carbons (Fsp3) is 0.469. The van der Waals surface area contributed by atoms with Gasteiger partial charge in [0.05, 0.1) is 20.3 Å². The molecule has 1 aromatic heterocycles. The molecular weight excluding hydrogens is 516 g/mol. The lowest BCUT2D eigenvalue weighted by molar-refractivity contribution is 0.0690. The predicted octanol–water partition coefficient (Wildman–Crippen LogP) is 4.79. The first-order valence-electron chi connectivity index (χ1n) is 14.7. The number of nitrogens with one attached hydrogen (secondary N) is 1. The molecule has 3 heterocycles. The number of ether oxygens (including phenoxy) is 2. The molecule has 1 fully saturated rings. The van der Waals surface area contributed by atoms with Crippen LogP contribution in [-0.4, -0.2) is 79.2 Å². The first kappa shape index (κ1) is 28.7. The Hall–Kier alpha value is -3.85. The van der Waals surface area contributed by atoms with Gasteiger partial charge >= 0.3 is 0 Å². The van der Waals surface area contributed by atoms with Crippen molar-refractivity contribution in [1.82, 2.24) is 19.8 Å². The van der Waals surface area contributed by atoms with E-state index >= 15 is 0 Å². The number of piperazine rings is 1. The maximum Gasteiger partial charge on any atom is 0.255 e. The number of fused-ring (bicyclic) bond motifs is 1. The van der Waals surface area contributed by atoms with Gasteiger partial charge in [-0.05, 0) is 61.7 Å². The molecule has 0 bridgehead atoms. The lowest BCUT2D eigenvalue weighted by Gasteiger charge is -2.36. The highest BCUT2D eigenvalue weighted by Crippen LogP contribution is 2.40. The van der Waals surface area contributed by atoms with E-state index in [0.29, 0.717) is 30.5 Å². The summed E-state index contributed by atoms with van der Waals surface area (Å²) >= 11 is 0. The average molecular weight is 559 g/mol. The molecule has 2 aromatic carbocycles. The van der Waals surface area contributed by atoms with Crippen LogP contribution in [0.15, 0.2) is 48.7 Å². The van der Waals surface area contributed by atoms with Gasteiger partial charge in [0.1, 0.15) is 0 Å². The number of methoxy groups -OCH3 is 2. The van der Waals surface area contributed by atoms with E-state index in [2.05, 4.69) is 51.1 Å². The Kier molecular flexibility index (Phi) is 9.24. The standard InChI is InChI=1S/C32H42N6O3/c1-5-24-14-16-34-32(35-24)33-15-8-11-27(23-12-13-29(40-3)30(21-23)41-4)38-22-26-25(31(38)39)9-7-10-28(26)37-19-17-36(6-2)18-20-37/h7,9-10,12-14,16,21,27H,5-6,8,11,15,17-20,22H2,1-4H3,(H,33,34,35)/t27-/m1/s1. The molecule has 218 valence electrons. The summed E-state index contributed by atoms with van der Waals surface area (Å²) in [6.07, 6.45) is 4.28. The average Bonchev–Trinajstić information content (AvgIpc) is 3.36. The third-order valence-electron chi connectivity index (χ3n) is 8.31. The Morgan fingerprint density at radius 3 is 2.54 bits per heavy atom. The van der Waals surface area contributed by atoms with Crippen LogP contribution in [0.4, 0.5) is 11.6 Å². The normalized spacial score (nSPS) is 16.0. The Morgan fingerprint density at radius 2 is 1.80 bits per heavy atom. The number of amides is 1. The molecule has 0 saturated carbocycles. The second-order valence-corrected chi connectivity index (χ2v) is 10.6. The van der Waals surface area contributed by atoms with Crippen molar-refractivity contribution in [2.24, 2.45) is 0 Å². The molecule has 1 N–H and O–H groups in total. The van der Waals surface area contributed by atoms with Gasteiger partial charge in [0.2, 0.25) is 5.95 Å². The molecule has 1 amide bonds. The molecule has 3 aromatic rings. The fourth-order valence-corrected chi connectivity index (χ4v) is 5.93. The summed E-state index contributed by atoms with van der Waals surface area (Å²) in [4.78, 5) is 29.8. The molecule has 41 heavy (non-hydrogen) atoms. The van der Waals surface area contributed by atoms with Crippen LogP contribution in [0.3, 0.4) is 0 Å². The quantitative estimate of drug-likeness (QED) is 0.318. The molecule has 5 rings (SSSR count). The number of benzene rings is 2. The molecular formula is C32H42N6O3. The number of likely N-dealkylation sites (N-methyl/N-ethyl adjacent to an activating group) is 1. The van der Waals surface area contributed by atoms with Gasteiger partial charge in [-0.25, -0.2) is 9.97 Å². The highest BCUT2D eigenvalue weighted by atomic mass is 16.5. The van der Waals surface area contributed by atoms with Gasteiger partial charge in [-0.15, -0.1) is 0 Å². The number of rotatable bonds is 12. The molecule has 2 aliphatic heterocycles. The summed E-state index contributed by atoms with van der Waals surface area (Å²) in [7, 11) is 3.28. The van der Waals surface area contributed by atoms with Crippen LogP contribution in [0.1, 0.15) is 59.9 Å². The third kappa shape index (κ3) is 6.25. The summed E-state index contributed by atoms with van der Waals surface area (Å²) in [5.74, 6) is 2.07. The number of aromatic nitrogens is 2. The van der Waals surface area contributed by atoms with Crippen LogP contribution in [0.2, 0.25) is 0 Å². The number of anilines is 2. The summed E-state index contributed by atoms with van der Waals surface area (Å²) in [6, 6.07) is 14.0. The van der Waals surface area contributed by atoms with Crippen molar-refractivity contribution in [1.29, 1.82) is 0 Å². The highest BCUT2D eigenvalue weighted by molar-refractivity contribution is 6.00. The van der Waals surface area contributed by atoms with Crippen molar-refractivity contribution in [2.75, 3.05) is 63.7 Å². The Morgan fingerprint density at radius 1 is 1.00 bits per heavy atom. The Bertz CT molecular complexity index is 1340. The number of carbonyl (C=O) groups is 1. The van der Waals surface area contributed by atoms with E-state index in [1.54, 1.807) is 20.4 Å². The summed E-state index contributed by atoms with van der Waals surface area (Å²) < 4.78 is 11.1. The van der Waals surface area contributed by atoms with Gasteiger partial charge in [-0.3, -0.25) is 4.79 Å². The van der Waals surface area contributed by atoms with Crippen molar-refractivity contribution in [3.8, 4) is 11.5 Å². The monoisotopic (exact) mass is 558 g/mol. The van der Waals surface area contributed by atoms with E-state index < -0.39 is 0 Å². The van der Waals surface area contributed by atoms with Crippen LogP contribution < -0.4 is 19.7 Å². The van der Waals surface area contributed by atoms with Crippen molar-refractivity contribution in [3.63, 3.8) is 0 Å². The second kappa shape index (κ2) is 13.2. The van der Waals surface area contributed by atoms with Crippen LogP contribution in [0, 0.1) is 0 Å². The number of nitrogens with zero attached hydrogens (tertiary/aromatic N) is 5. The molecule has 2 aliphatic rings. The predicted molar refractivity (Wildman–Crippen MR) is 162 cm³/mol. The van der Waals surface area contributed by atoms with E-state index in [-0.39, 0.29) is 11.9 Å². The van der Waals surface area contributed by atoms with Crippen molar-refractivity contribution in [3.05, 3.63) is 71.0 Å². The lowest BCUT2D eigenvalue weighted by Crippen LogP contribution is -2.46. The summed E-state index contributed by atoms with van der Waals surface area (Å²) in [5.41, 5.74) is 5.18. The largest absolute Gasteiger partial charge is 0.493 e. The molecule has 0 aliphatic carbocycles. The number of carbonyl (C=O) groups excluding carboxylic acids is 1. The summed E-state index contributed by atoms with van der Waals surface area (Å²) in [6.45, 7) is 10.7. The van der Waals surface area contributed by atoms with Gasteiger partial charge in [-0.2, -0.15) is 0 Å². The number of hydrogen-bond donors (Lipinski definition) is 1. The van der Waals surface area contributed by atoms with Gasteiger partial charge in [0, 0.05) is 68.0 Å². The van der Waals surface area contributed by atoms with E-state index in [1.807, 2.05) is 35.2 Å². The zero-order valence-electron chi connectivity index (χ0n) is 24.7. The van der Waals surface area contributed by atoms with Crippen LogP contribution in [0.25, 0.3) is 0 Å². The van der Waals surface area contributed by atoms with E-state index in [4.69, 9.17) is 9.47 Å². The maximum atomic E-state index is 14.0. The summed E-state index contributed by atoms with van der Waals surface area (Å²) in [5, 5.41) is 3.37. The Balaban J connectivity index is 1.37. The molecule has 0 unspecified atom stereocenters. The first-order chi connectivity index (χ1) is 20.1. The zero-order valence-corrected chi connectivity index (χ0v) is 24.7. The zero-order chi connectivity index (χ0) is 28.8. The van der Waals surface area contributed by atoms with Crippen molar-refractivity contribution in [2.45, 2.75) is 45.7 Å². The van der Waals surface area contributed by atoms with Gasteiger partial charge in [0.15, 0.2) is 11.5 Å². The SMILES string of the molecule is CCc1ccnc(NCCC[C@H](c2ccc(OC)c(OC)c2)N2Cc3c(cccc3N3CCN(CC)CC3)C2=O)n1. The van der Waals surface area contributed by atoms with Crippen molar-refractivity contribution >= 4 is 17.5 Å². The van der Waals surface area contributed by atoms with Crippen LogP contribution >= 0.6 is 0 Å². The molecule has 1 atom stereocenters. The first-order valence-corrected chi connectivity index (χ1v) is 14.7. The van der Waals surface area contributed by atoms with Gasteiger partial charge < -0.3 is 29.5 Å². The van der Waals surface area contributed by atoms with Gasteiger partial charge in [0.25, 0.3) is 5.91 Å². The molecule has 1 saturated heterocycles. The van der Waals surface area contributed by atoms with Crippen molar-refractivity contribution < 1.29 is 14.3 Å². The Labute approximate surface area is 243 Å². The van der Waals surface area contributed by atoms with E-state index in [9.17, 15) is 4.79 Å². The van der Waals surface area contributed by atoms with E-state index in [0.717, 1.165) is 74.4 Å². The van der Waals surface area contributed by atoms with Gasteiger partial charge in [-0.1, -0.05) is 26.0 Å². The minimum Gasteiger partial charge on any atom is -0.493 e. The van der Waals surface area contributed by atoms with Crippen LogP contribution in [-0.2, 0) is 13.0 Å². The van der Waals surface area contributed by atoms with Crippen LogP contribution in [0.5, 0.6) is 11.5 Å². The molecule has 9 heteroatoms. The number of aryl methyl sites for hydroxylation is 1. The minimum atomic E-state index is -0.121. The maximum absolute atomic E-state index is 14.0. The molecule has 9 nitrogen and oxygen atoms in total.